The average Bonchev–Trinajstić information content (AvgIpc) is 2.62. The molecule has 0 bridgehead atoms. The lowest BCUT2D eigenvalue weighted by molar-refractivity contribution is -0.132. The van der Waals surface area contributed by atoms with Crippen LogP contribution in [0, 0.1) is 0 Å². The lowest BCUT2D eigenvalue weighted by Gasteiger charge is -2.23. The minimum Gasteiger partial charge on any atom is -0.347 e. The molecule has 0 fully saturated rings. The van der Waals surface area contributed by atoms with Crippen LogP contribution in [0.15, 0.2) is 64.2 Å². The second-order valence-corrected chi connectivity index (χ2v) is 6.71. The predicted molar refractivity (Wildman–Crippen MR) is 99.6 cm³/mol. The Morgan fingerprint density at radius 3 is 2.60 bits per heavy atom. The summed E-state index contributed by atoms with van der Waals surface area (Å²) in [5, 5.41) is 8.52. The lowest BCUT2D eigenvalue weighted by Crippen LogP contribution is -2.38. The molecule has 0 saturated heterocycles. The Morgan fingerprint density at radius 2 is 1.84 bits per heavy atom. The normalized spacial score (nSPS) is 14.2. The maximum atomic E-state index is 12.4. The summed E-state index contributed by atoms with van der Waals surface area (Å²) in [6.45, 7) is 0.798. The van der Waals surface area contributed by atoms with Crippen molar-refractivity contribution in [1.82, 2.24) is 10.3 Å². The molecule has 0 radical (unpaired) electrons. The summed E-state index contributed by atoms with van der Waals surface area (Å²) in [5.41, 5.74) is 2.37. The van der Waals surface area contributed by atoms with Crippen LogP contribution in [0.25, 0.3) is 0 Å². The van der Waals surface area contributed by atoms with Crippen molar-refractivity contribution < 1.29 is 9.59 Å². The van der Waals surface area contributed by atoms with Crippen molar-refractivity contribution in [2.24, 2.45) is 5.10 Å². The number of carbonyl (C=O) groups excluding carboxylic acids is 2. The summed E-state index contributed by atoms with van der Waals surface area (Å²) < 4.78 is 0.967. The SMILES string of the molecule is O=C(NCc1cccc(Br)c1)C1=NN(Cc2ccccc2)C(=O)CC1. The van der Waals surface area contributed by atoms with Gasteiger partial charge in [-0.05, 0) is 23.3 Å². The fraction of sp³-hybridized carbons (Fsp3) is 0.211. The quantitative estimate of drug-likeness (QED) is 0.838. The van der Waals surface area contributed by atoms with Gasteiger partial charge in [-0.2, -0.15) is 5.10 Å². The van der Waals surface area contributed by atoms with Crippen LogP contribution in [0.1, 0.15) is 24.0 Å². The highest BCUT2D eigenvalue weighted by atomic mass is 79.9. The van der Waals surface area contributed by atoms with Gasteiger partial charge in [-0.3, -0.25) is 9.59 Å². The summed E-state index contributed by atoms with van der Waals surface area (Å²) in [5.74, 6) is -0.294. The largest absolute Gasteiger partial charge is 0.347 e. The molecule has 25 heavy (non-hydrogen) atoms. The molecule has 0 atom stereocenters. The maximum Gasteiger partial charge on any atom is 0.267 e. The molecule has 1 heterocycles. The van der Waals surface area contributed by atoms with Crippen LogP contribution in [0.5, 0.6) is 0 Å². The second-order valence-electron chi connectivity index (χ2n) is 5.80. The molecule has 2 aromatic carbocycles. The Bertz CT molecular complexity index is 805. The molecule has 1 aliphatic heterocycles. The number of hydrogen-bond donors (Lipinski definition) is 1. The third-order valence-electron chi connectivity index (χ3n) is 3.88. The van der Waals surface area contributed by atoms with Crippen molar-refractivity contribution in [3.05, 3.63) is 70.2 Å². The molecule has 6 heteroatoms. The number of amides is 2. The molecule has 1 N–H and O–H groups in total. The molecular formula is C19H18BrN3O2. The number of nitrogens with one attached hydrogen (secondary N) is 1. The number of carbonyl (C=O) groups is 2. The van der Waals surface area contributed by atoms with Crippen molar-refractivity contribution in [3.63, 3.8) is 0 Å². The van der Waals surface area contributed by atoms with Gasteiger partial charge in [0, 0.05) is 23.9 Å². The minimum atomic E-state index is -0.231. The Kier molecular flexibility index (Phi) is 5.60. The fourth-order valence-electron chi connectivity index (χ4n) is 2.58. The van der Waals surface area contributed by atoms with E-state index in [-0.39, 0.29) is 11.8 Å². The number of hydrogen-bond acceptors (Lipinski definition) is 3. The molecule has 0 aliphatic carbocycles. The van der Waals surface area contributed by atoms with Crippen molar-refractivity contribution in [2.45, 2.75) is 25.9 Å². The average molecular weight is 400 g/mol. The van der Waals surface area contributed by atoms with Gasteiger partial charge in [0.25, 0.3) is 5.91 Å². The van der Waals surface area contributed by atoms with Gasteiger partial charge in [0.15, 0.2) is 0 Å². The highest BCUT2D eigenvalue weighted by molar-refractivity contribution is 9.10. The van der Waals surface area contributed by atoms with Crippen molar-refractivity contribution in [2.75, 3.05) is 0 Å². The van der Waals surface area contributed by atoms with E-state index in [0.717, 1.165) is 15.6 Å². The third-order valence-corrected chi connectivity index (χ3v) is 4.38. The van der Waals surface area contributed by atoms with Crippen molar-refractivity contribution in [3.8, 4) is 0 Å². The molecule has 0 unspecified atom stereocenters. The molecule has 128 valence electrons. The van der Waals surface area contributed by atoms with Crippen molar-refractivity contribution in [1.29, 1.82) is 0 Å². The third kappa shape index (κ3) is 4.76. The summed E-state index contributed by atoms with van der Waals surface area (Å²) in [4.78, 5) is 24.4. The van der Waals surface area contributed by atoms with Crippen LogP contribution in [0.4, 0.5) is 0 Å². The van der Waals surface area contributed by atoms with Crippen LogP contribution in [0.3, 0.4) is 0 Å². The zero-order valence-corrected chi connectivity index (χ0v) is 15.2. The standard InChI is InChI=1S/C19H18BrN3O2/c20-16-8-4-7-15(11-16)12-21-19(25)17-9-10-18(24)23(22-17)13-14-5-2-1-3-6-14/h1-8,11H,9-10,12-13H2,(H,21,25). The van der Waals surface area contributed by atoms with Crippen LogP contribution in [-0.2, 0) is 22.7 Å². The number of nitrogens with zero attached hydrogens (tertiary/aromatic N) is 2. The van der Waals surface area contributed by atoms with Gasteiger partial charge in [0.05, 0.1) is 6.54 Å². The van der Waals surface area contributed by atoms with E-state index in [1.54, 1.807) is 0 Å². The fourth-order valence-corrected chi connectivity index (χ4v) is 3.02. The van der Waals surface area contributed by atoms with E-state index < -0.39 is 0 Å². The van der Waals surface area contributed by atoms with E-state index in [4.69, 9.17) is 0 Å². The van der Waals surface area contributed by atoms with Crippen LogP contribution in [0.2, 0.25) is 0 Å². The van der Waals surface area contributed by atoms with Crippen LogP contribution < -0.4 is 5.32 Å². The predicted octanol–water partition coefficient (Wildman–Crippen LogP) is 3.24. The summed E-state index contributed by atoms with van der Waals surface area (Å²) in [6, 6.07) is 17.4. The van der Waals surface area contributed by atoms with Crippen molar-refractivity contribution >= 4 is 33.5 Å². The van der Waals surface area contributed by atoms with Crippen LogP contribution in [-0.4, -0.2) is 22.5 Å². The molecule has 2 aromatic rings. The molecule has 0 saturated carbocycles. The lowest BCUT2D eigenvalue weighted by atomic mass is 10.1. The number of benzene rings is 2. The van der Waals surface area contributed by atoms with Gasteiger partial charge >= 0.3 is 0 Å². The Balaban J connectivity index is 1.65. The van der Waals surface area contributed by atoms with Gasteiger partial charge in [-0.25, -0.2) is 5.01 Å². The van der Waals surface area contributed by atoms with E-state index in [0.29, 0.717) is 31.6 Å². The van der Waals surface area contributed by atoms with E-state index in [2.05, 4.69) is 26.3 Å². The zero-order chi connectivity index (χ0) is 17.6. The minimum absolute atomic E-state index is 0.0626. The van der Waals surface area contributed by atoms with Gasteiger partial charge in [-0.15, -0.1) is 0 Å². The highest BCUT2D eigenvalue weighted by Gasteiger charge is 2.24. The molecule has 5 nitrogen and oxygen atoms in total. The summed E-state index contributed by atoms with van der Waals surface area (Å²) >= 11 is 3.41. The Morgan fingerprint density at radius 1 is 1.08 bits per heavy atom. The van der Waals surface area contributed by atoms with Gasteiger partial charge < -0.3 is 5.32 Å². The first kappa shape index (κ1) is 17.4. The van der Waals surface area contributed by atoms with E-state index >= 15 is 0 Å². The molecule has 0 spiro atoms. The smallest absolute Gasteiger partial charge is 0.267 e. The first-order valence-electron chi connectivity index (χ1n) is 8.06. The summed E-state index contributed by atoms with van der Waals surface area (Å²) in [6.07, 6.45) is 0.671. The molecule has 3 rings (SSSR count). The first-order valence-corrected chi connectivity index (χ1v) is 8.85. The molecule has 0 aromatic heterocycles. The van der Waals surface area contributed by atoms with E-state index in [9.17, 15) is 9.59 Å². The number of rotatable bonds is 5. The Labute approximate surface area is 154 Å². The first-order chi connectivity index (χ1) is 12.1. The molecular weight excluding hydrogens is 382 g/mol. The second kappa shape index (κ2) is 8.07. The highest BCUT2D eigenvalue weighted by Crippen LogP contribution is 2.14. The van der Waals surface area contributed by atoms with Gasteiger partial charge in [0.1, 0.15) is 5.71 Å². The Hall–Kier alpha value is -2.47. The molecule has 2 amide bonds. The summed E-state index contributed by atoms with van der Waals surface area (Å²) in [7, 11) is 0. The maximum absolute atomic E-state index is 12.4. The van der Waals surface area contributed by atoms with Crippen LogP contribution >= 0.6 is 15.9 Å². The van der Waals surface area contributed by atoms with E-state index in [1.807, 2.05) is 54.6 Å². The topological polar surface area (TPSA) is 61.8 Å². The zero-order valence-electron chi connectivity index (χ0n) is 13.6. The van der Waals surface area contributed by atoms with Gasteiger partial charge in [-0.1, -0.05) is 58.4 Å². The molecule has 1 aliphatic rings. The monoisotopic (exact) mass is 399 g/mol. The van der Waals surface area contributed by atoms with Gasteiger partial charge in [0.2, 0.25) is 5.91 Å². The van der Waals surface area contributed by atoms with E-state index in [1.165, 1.54) is 5.01 Å². The number of halogens is 1. The number of hydrazone groups is 1.